The number of hydrogen-bond donors (Lipinski definition) is 5. The minimum Gasteiger partial charge on any atom is -0.476 e. The average Bonchev–Trinajstić information content (AvgIpc) is 1.67. The molecule has 6 N–H and O–H groups in total. The number of carbonyl (C=O) groups is 8. The van der Waals surface area contributed by atoms with Gasteiger partial charge in [0, 0.05) is 87.2 Å². The Morgan fingerprint density at radius 2 is 0.701 bits per heavy atom. The van der Waals surface area contributed by atoms with E-state index >= 15 is 0 Å². The van der Waals surface area contributed by atoms with Crippen LogP contribution >= 0.6 is 0 Å². The zero-order chi connectivity index (χ0) is 83.5. The van der Waals surface area contributed by atoms with Gasteiger partial charge in [0.05, 0.1) is 120 Å². The van der Waals surface area contributed by atoms with E-state index in [9.17, 15) is 55.9 Å². The molecule has 33 nitrogen and oxygen atoms in total. The van der Waals surface area contributed by atoms with Crippen molar-refractivity contribution >= 4 is 70.1 Å². The Balaban J connectivity index is 0.000000138. The Bertz CT molecular complexity index is 5410. The fourth-order valence-electron chi connectivity index (χ4n) is 13.6. The maximum atomic E-state index is 14.3. The van der Waals surface area contributed by atoms with E-state index < -0.39 is 70.8 Å². The van der Waals surface area contributed by atoms with Crippen LogP contribution in [-0.2, 0) is 99.2 Å². The summed E-state index contributed by atoms with van der Waals surface area (Å²) < 4.78 is 68.2. The summed E-state index contributed by atoms with van der Waals surface area (Å²) in [5.74, 6) is -7.32. The van der Waals surface area contributed by atoms with Gasteiger partial charge in [0.25, 0.3) is 17.7 Å². The van der Waals surface area contributed by atoms with Gasteiger partial charge in [-0.3, -0.25) is 71.0 Å². The number of anilines is 4. The molecule has 0 saturated heterocycles. The van der Waals surface area contributed by atoms with Gasteiger partial charge in [0.1, 0.15) is 30.3 Å². The summed E-state index contributed by atoms with van der Waals surface area (Å²) in [6.45, 7) is 1.37. The quantitative estimate of drug-likeness (QED) is 0.0601. The number of fused-ring (bicyclic) bond motifs is 4. The molecule has 0 bridgehead atoms. The van der Waals surface area contributed by atoms with E-state index in [1.54, 1.807) is 104 Å². The number of hydrogen-bond acceptors (Lipinski definition) is 17. The maximum absolute atomic E-state index is 14.3. The molecule has 5 aliphatic rings. The van der Waals surface area contributed by atoms with E-state index in [1.807, 2.05) is 116 Å². The second-order valence-electron chi connectivity index (χ2n) is 28.2. The Hall–Kier alpha value is -14.1. The molecule has 0 radical (unpaired) electrons. The SMILES string of the molecule is CN1C(=O)C(N)CCc2nn(C)cc21.CN1C(=O)C(NC(=O)c2nn(Cc3ccccc3)cc2F)CCc2nn(C)cc21.CN1C(=O)[C@@H](NC(=O)c2nn(CC3=CC=[C+]C=C3)cc2F)CCc2nn(C)cc21.CN1C(=O)[C@H](NC(=O)c2nn(Cc3ccccc3)cc2F)CCc2nn(C)cc21.O=C(O)c1nn(Cc2ccccc2)cc1F. The van der Waals surface area contributed by atoms with Crippen molar-refractivity contribution < 1.29 is 61.0 Å². The standard InChI is InChI=1S/2C20H21FN6O2.C20H19FN6O2.C11H9FN2O2.C9H14N4O/c3*1-25-12-17-15(23-25)8-9-16(20(29)26(17)2)22-19(28)18-14(21)11-27(24-18)10-13-6-4-3-5-7-13;12-9-7-14(13-10(9)11(15)16)6-8-4-2-1-3-5-8;1-12-5-8-7(11-12)4-3-6(10)9(14)13(8)2/h2*3-7,11-12,16H,8-10H2,1-2H3,(H,22,28);4-7,11-12,16H,8-10H2,1-2H3;1-5,7H,6H2,(H,15,16);5-6H,3-4,10H2,1-2H3/p+1/t16-;;16-;;/m1.0../s1. The third kappa shape index (κ3) is 19.9. The monoisotopic (exact) mass is 1600 g/mol. The first-order valence-electron chi connectivity index (χ1n) is 37.1. The summed E-state index contributed by atoms with van der Waals surface area (Å²) in [7, 11) is 13.9. The second kappa shape index (κ2) is 36.4. The van der Waals surface area contributed by atoms with Crippen molar-refractivity contribution in [3.63, 3.8) is 0 Å². The van der Waals surface area contributed by atoms with Crippen molar-refractivity contribution in [3.05, 3.63) is 262 Å². The number of carbonyl (C=O) groups excluding carboxylic acids is 7. The number of aromatic carboxylic acids is 1. The summed E-state index contributed by atoms with van der Waals surface area (Å²) >= 11 is 0. The molecule has 7 amide bonds. The number of benzene rings is 3. The average molecular weight is 1600 g/mol. The van der Waals surface area contributed by atoms with Crippen molar-refractivity contribution in [1.29, 1.82) is 0 Å². The smallest absolute Gasteiger partial charge is 0.359 e. The largest absolute Gasteiger partial charge is 0.476 e. The molecule has 117 heavy (non-hydrogen) atoms. The van der Waals surface area contributed by atoms with Gasteiger partial charge in [-0.2, -0.15) is 40.8 Å². The zero-order valence-electron chi connectivity index (χ0n) is 65.1. The van der Waals surface area contributed by atoms with Gasteiger partial charge >= 0.3 is 5.97 Å². The lowest BCUT2D eigenvalue weighted by Crippen LogP contribution is -2.47. The molecule has 16 rings (SSSR count). The van der Waals surface area contributed by atoms with Gasteiger partial charge < -0.3 is 46.4 Å². The number of likely N-dealkylation sites (N-methyl/N-ethyl adjacent to an activating group) is 4. The van der Waals surface area contributed by atoms with Crippen LogP contribution in [0.4, 0.5) is 40.3 Å². The molecular weight excluding hydrogens is 1520 g/mol. The predicted octanol–water partition coefficient (Wildman–Crippen LogP) is 5.77. The summed E-state index contributed by atoms with van der Waals surface area (Å²) in [6, 6.07) is 25.5. The van der Waals surface area contributed by atoms with Crippen LogP contribution in [0.2, 0.25) is 0 Å². The molecule has 37 heteroatoms. The highest BCUT2D eigenvalue weighted by Gasteiger charge is 2.37. The van der Waals surface area contributed by atoms with E-state index in [-0.39, 0.29) is 46.8 Å². The molecule has 0 spiro atoms. The van der Waals surface area contributed by atoms with Crippen LogP contribution in [-0.4, -0.2) is 183 Å². The first-order valence-corrected chi connectivity index (χ1v) is 37.1. The molecule has 0 fully saturated rings. The highest BCUT2D eigenvalue weighted by Crippen LogP contribution is 2.29. The Morgan fingerprint density at radius 3 is 1.00 bits per heavy atom. The maximum Gasteiger partial charge on any atom is 0.359 e. The first kappa shape index (κ1) is 82.4. The van der Waals surface area contributed by atoms with Crippen molar-refractivity contribution in [3.8, 4) is 0 Å². The third-order valence-electron chi connectivity index (χ3n) is 19.5. The second-order valence-corrected chi connectivity index (χ2v) is 28.2. The number of nitrogens with one attached hydrogen (secondary N) is 3. The minimum atomic E-state index is -1.36. The summed E-state index contributed by atoms with van der Waals surface area (Å²) in [4.78, 5) is 104. The van der Waals surface area contributed by atoms with Gasteiger partial charge in [0.15, 0.2) is 40.4 Å². The van der Waals surface area contributed by atoms with E-state index in [1.165, 1.54) is 52.0 Å². The number of nitrogens with zero attached hydrogens (tertiary/aromatic N) is 20. The number of nitrogens with two attached hydrogens (primary N) is 1. The van der Waals surface area contributed by atoms with E-state index in [4.69, 9.17) is 10.8 Å². The molecule has 2 unspecified atom stereocenters. The van der Waals surface area contributed by atoms with Crippen molar-refractivity contribution in [2.24, 2.45) is 33.9 Å². The number of carboxylic acid groups (broad SMARTS) is 1. The Kier molecular flexibility index (Phi) is 25.6. The molecule has 1 aliphatic carbocycles. The lowest BCUT2D eigenvalue weighted by atomic mass is 10.1. The number of rotatable bonds is 15. The van der Waals surface area contributed by atoms with Gasteiger partial charge in [-0.15, -0.1) is 0 Å². The van der Waals surface area contributed by atoms with Crippen molar-refractivity contribution in [2.75, 3.05) is 47.8 Å². The minimum absolute atomic E-state index is 0.0308. The van der Waals surface area contributed by atoms with E-state index in [2.05, 4.69) is 62.8 Å². The molecule has 11 aromatic rings. The fraction of sp³-hybridized carbons (Fsp3) is 0.300. The van der Waals surface area contributed by atoms with Gasteiger partial charge in [-0.1, -0.05) is 91.0 Å². The number of amides is 7. The lowest BCUT2D eigenvalue weighted by Gasteiger charge is -2.20. The molecular formula is C80H85F4N24O9+. The van der Waals surface area contributed by atoms with Gasteiger partial charge in [-0.05, 0) is 68.1 Å². The van der Waals surface area contributed by atoms with Crippen LogP contribution in [0.5, 0.6) is 0 Å². The normalized spacial score (nSPS) is 16.7. The number of aromatic nitrogens is 16. The lowest BCUT2D eigenvalue weighted by molar-refractivity contribution is -0.120. The molecule has 606 valence electrons. The van der Waals surface area contributed by atoms with Crippen molar-refractivity contribution in [2.45, 2.75) is 102 Å². The van der Waals surface area contributed by atoms with Crippen LogP contribution < -0.4 is 41.3 Å². The highest BCUT2D eigenvalue weighted by atomic mass is 19.1. The molecule has 8 aromatic heterocycles. The van der Waals surface area contributed by atoms with Crippen LogP contribution in [0.3, 0.4) is 0 Å². The summed E-state index contributed by atoms with van der Waals surface area (Å²) in [6.07, 6.45) is 26.0. The zero-order valence-corrected chi connectivity index (χ0v) is 65.1. The number of carboxylic acids is 1. The molecule has 3 aromatic carbocycles. The predicted molar refractivity (Wildman–Crippen MR) is 419 cm³/mol. The molecule has 4 atom stereocenters. The highest BCUT2D eigenvalue weighted by molar-refractivity contribution is 6.04. The summed E-state index contributed by atoms with van der Waals surface area (Å²) in [5, 5.41) is 49.7. The van der Waals surface area contributed by atoms with Crippen molar-refractivity contribution in [1.82, 2.24) is 94.2 Å². The first-order chi connectivity index (χ1) is 56.0. The van der Waals surface area contributed by atoms with Crippen LogP contribution in [0.25, 0.3) is 0 Å². The molecule has 0 saturated carbocycles. The van der Waals surface area contributed by atoms with Crippen LogP contribution in [0.1, 0.15) is 107 Å². The Labute approximate surface area is 667 Å². The number of halogens is 4. The van der Waals surface area contributed by atoms with Crippen LogP contribution in [0.15, 0.2) is 170 Å². The number of aryl methyl sites for hydroxylation is 8. The Morgan fingerprint density at radius 1 is 0.410 bits per heavy atom. The topological polar surface area (TPSA) is 374 Å². The molecule has 12 heterocycles. The van der Waals surface area contributed by atoms with Gasteiger partial charge in [0.2, 0.25) is 29.3 Å². The molecule has 4 aliphatic heterocycles. The third-order valence-corrected chi connectivity index (χ3v) is 19.5. The van der Waals surface area contributed by atoms with Crippen LogP contribution in [0, 0.1) is 29.3 Å². The fourth-order valence-corrected chi connectivity index (χ4v) is 13.6. The van der Waals surface area contributed by atoms with E-state index in [0.29, 0.717) is 88.2 Å². The van der Waals surface area contributed by atoms with E-state index in [0.717, 1.165) is 63.3 Å². The summed E-state index contributed by atoms with van der Waals surface area (Å²) in [5.41, 5.74) is 14.3. The number of allylic oxidation sites excluding steroid dienone is 6. The van der Waals surface area contributed by atoms with Gasteiger partial charge in [-0.25, -0.2) is 22.4 Å².